The average Bonchev–Trinajstić information content (AvgIpc) is 2.55. The monoisotopic (exact) mass is 307 g/mol. The van der Waals surface area contributed by atoms with E-state index < -0.39 is 17.3 Å². The first-order chi connectivity index (χ1) is 11.1. The molecule has 0 fully saturated rings. The van der Waals surface area contributed by atoms with Crippen LogP contribution in [0.15, 0.2) is 59.5 Å². The van der Waals surface area contributed by atoms with E-state index in [2.05, 4.69) is 10.3 Å². The summed E-state index contributed by atoms with van der Waals surface area (Å²) in [5, 5.41) is 13.7. The van der Waals surface area contributed by atoms with Gasteiger partial charge >= 0.3 is 0 Å². The van der Waals surface area contributed by atoms with Crippen molar-refractivity contribution >= 4 is 28.5 Å². The van der Waals surface area contributed by atoms with Crippen LogP contribution in [-0.2, 0) is 0 Å². The van der Waals surface area contributed by atoms with E-state index in [0.29, 0.717) is 10.9 Å². The SMILES string of the molecule is O=C([O-])c1cccc(NC(=O)c2c[nH]c3ccccc3c2=O)c1. The smallest absolute Gasteiger partial charge is 0.261 e. The largest absolute Gasteiger partial charge is 0.545 e. The minimum absolute atomic E-state index is 0.0532. The number of para-hydroxylation sites is 1. The number of aromatic nitrogens is 1. The molecular formula is C17H11N2O4-. The molecule has 0 aliphatic heterocycles. The molecule has 23 heavy (non-hydrogen) atoms. The van der Waals surface area contributed by atoms with Crippen LogP contribution in [0.5, 0.6) is 0 Å². The highest BCUT2D eigenvalue weighted by atomic mass is 16.4. The van der Waals surface area contributed by atoms with Gasteiger partial charge < -0.3 is 20.2 Å². The number of carboxylic acids is 1. The lowest BCUT2D eigenvalue weighted by Gasteiger charge is -2.08. The molecule has 1 heterocycles. The molecule has 2 N–H and O–H groups in total. The van der Waals surface area contributed by atoms with Crippen LogP contribution in [0.25, 0.3) is 10.9 Å². The van der Waals surface area contributed by atoms with Gasteiger partial charge in [-0.3, -0.25) is 9.59 Å². The van der Waals surface area contributed by atoms with Crippen LogP contribution >= 0.6 is 0 Å². The van der Waals surface area contributed by atoms with Crippen molar-refractivity contribution in [3.63, 3.8) is 0 Å². The highest BCUT2D eigenvalue weighted by Crippen LogP contribution is 2.12. The molecular weight excluding hydrogens is 296 g/mol. The number of H-pyrrole nitrogens is 1. The Morgan fingerprint density at radius 3 is 2.61 bits per heavy atom. The molecule has 3 rings (SSSR count). The molecule has 0 spiro atoms. The van der Waals surface area contributed by atoms with Gasteiger partial charge in [0, 0.05) is 22.8 Å². The number of anilines is 1. The lowest BCUT2D eigenvalue weighted by atomic mass is 10.1. The van der Waals surface area contributed by atoms with Gasteiger partial charge in [-0.15, -0.1) is 0 Å². The Kier molecular flexibility index (Phi) is 3.64. The molecule has 2 aromatic carbocycles. The third kappa shape index (κ3) is 2.82. The fourth-order valence-corrected chi connectivity index (χ4v) is 2.26. The maximum Gasteiger partial charge on any atom is 0.261 e. The summed E-state index contributed by atoms with van der Waals surface area (Å²) in [6, 6.07) is 12.5. The lowest BCUT2D eigenvalue weighted by molar-refractivity contribution is -0.255. The highest BCUT2D eigenvalue weighted by Gasteiger charge is 2.13. The van der Waals surface area contributed by atoms with Gasteiger partial charge in [0.15, 0.2) is 0 Å². The van der Waals surface area contributed by atoms with Crippen molar-refractivity contribution in [2.75, 3.05) is 5.32 Å². The van der Waals surface area contributed by atoms with Gasteiger partial charge in [-0.2, -0.15) is 0 Å². The van der Waals surface area contributed by atoms with E-state index in [4.69, 9.17) is 0 Å². The molecule has 0 saturated heterocycles. The number of rotatable bonds is 3. The van der Waals surface area contributed by atoms with E-state index in [1.807, 2.05) is 0 Å². The fourth-order valence-electron chi connectivity index (χ4n) is 2.26. The number of benzene rings is 2. The predicted octanol–water partition coefficient (Wildman–Crippen LogP) is 1.14. The first-order valence-corrected chi connectivity index (χ1v) is 6.79. The zero-order chi connectivity index (χ0) is 16.4. The summed E-state index contributed by atoms with van der Waals surface area (Å²) in [5.74, 6) is -1.96. The van der Waals surface area contributed by atoms with Crippen LogP contribution in [0.2, 0.25) is 0 Å². The van der Waals surface area contributed by atoms with Crippen LogP contribution < -0.4 is 15.9 Å². The van der Waals surface area contributed by atoms with Crippen LogP contribution in [0, 0.1) is 0 Å². The number of fused-ring (bicyclic) bond motifs is 1. The second kappa shape index (κ2) is 5.76. The molecule has 0 bridgehead atoms. The highest BCUT2D eigenvalue weighted by molar-refractivity contribution is 6.06. The fraction of sp³-hybridized carbons (Fsp3) is 0. The van der Waals surface area contributed by atoms with E-state index in [-0.39, 0.29) is 16.8 Å². The van der Waals surface area contributed by atoms with Gasteiger partial charge in [-0.1, -0.05) is 24.3 Å². The van der Waals surface area contributed by atoms with Gasteiger partial charge in [0.2, 0.25) is 5.43 Å². The number of aromatic carboxylic acids is 1. The Morgan fingerprint density at radius 2 is 1.83 bits per heavy atom. The molecule has 6 nitrogen and oxygen atoms in total. The predicted molar refractivity (Wildman–Crippen MR) is 83.3 cm³/mol. The first kappa shape index (κ1) is 14.5. The van der Waals surface area contributed by atoms with Crippen molar-refractivity contribution in [3.05, 3.63) is 76.1 Å². The third-order valence-electron chi connectivity index (χ3n) is 3.39. The number of amides is 1. The molecule has 1 amide bonds. The third-order valence-corrected chi connectivity index (χ3v) is 3.39. The summed E-state index contributed by atoms with van der Waals surface area (Å²) in [4.78, 5) is 38.3. The van der Waals surface area contributed by atoms with E-state index in [9.17, 15) is 19.5 Å². The number of hydrogen-bond acceptors (Lipinski definition) is 4. The van der Waals surface area contributed by atoms with E-state index in [0.717, 1.165) is 0 Å². The summed E-state index contributed by atoms with van der Waals surface area (Å²) >= 11 is 0. The second-order valence-electron chi connectivity index (χ2n) is 4.90. The standard InChI is InChI=1S/C17H12N2O4/c20-15-12-6-1-2-7-14(12)18-9-13(15)16(21)19-11-5-3-4-10(8-11)17(22)23/h1-9H,(H,18,20)(H,19,21)(H,22,23)/p-1. The maximum absolute atomic E-state index is 12.4. The zero-order valence-electron chi connectivity index (χ0n) is 11.8. The number of carboxylic acid groups (broad SMARTS) is 1. The molecule has 1 aromatic heterocycles. The van der Waals surface area contributed by atoms with Crippen LogP contribution in [0.3, 0.4) is 0 Å². The normalized spacial score (nSPS) is 10.4. The first-order valence-electron chi connectivity index (χ1n) is 6.79. The van der Waals surface area contributed by atoms with Crippen molar-refractivity contribution in [3.8, 4) is 0 Å². The van der Waals surface area contributed by atoms with Crippen LogP contribution in [0.1, 0.15) is 20.7 Å². The van der Waals surface area contributed by atoms with E-state index in [1.54, 1.807) is 24.3 Å². The Morgan fingerprint density at radius 1 is 1.04 bits per heavy atom. The molecule has 3 aromatic rings. The molecule has 0 saturated carbocycles. The van der Waals surface area contributed by atoms with Crippen molar-refractivity contribution in [2.24, 2.45) is 0 Å². The second-order valence-corrected chi connectivity index (χ2v) is 4.90. The molecule has 0 unspecified atom stereocenters. The van der Waals surface area contributed by atoms with Gasteiger partial charge in [-0.25, -0.2) is 0 Å². The number of nitrogens with one attached hydrogen (secondary N) is 2. The minimum Gasteiger partial charge on any atom is -0.545 e. The minimum atomic E-state index is -1.34. The molecule has 6 heteroatoms. The topological polar surface area (TPSA) is 102 Å². The Hall–Kier alpha value is -3.41. The van der Waals surface area contributed by atoms with Crippen LogP contribution in [-0.4, -0.2) is 16.9 Å². The lowest BCUT2D eigenvalue weighted by Crippen LogP contribution is -2.23. The summed E-state index contributed by atoms with van der Waals surface area (Å²) in [6.45, 7) is 0. The Bertz CT molecular complexity index is 975. The summed E-state index contributed by atoms with van der Waals surface area (Å²) in [7, 11) is 0. The molecule has 0 aliphatic rings. The number of carbonyl (C=O) groups excluding carboxylic acids is 2. The summed E-state index contributed by atoms with van der Waals surface area (Å²) < 4.78 is 0. The van der Waals surface area contributed by atoms with Gasteiger partial charge in [-0.05, 0) is 29.8 Å². The Labute approximate surface area is 130 Å². The van der Waals surface area contributed by atoms with Crippen molar-refractivity contribution in [2.45, 2.75) is 0 Å². The quantitative estimate of drug-likeness (QED) is 0.757. The number of aromatic amines is 1. The average molecular weight is 307 g/mol. The molecule has 114 valence electrons. The van der Waals surface area contributed by atoms with Gasteiger partial charge in [0.1, 0.15) is 5.56 Å². The van der Waals surface area contributed by atoms with Crippen LogP contribution in [0.4, 0.5) is 5.69 Å². The molecule has 0 atom stereocenters. The van der Waals surface area contributed by atoms with Crippen molar-refractivity contribution < 1.29 is 14.7 Å². The number of hydrogen-bond donors (Lipinski definition) is 2. The number of carbonyl (C=O) groups is 2. The van der Waals surface area contributed by atoms with Gasteiger partial charge in [0.25, 0.3) is 5.91 Å². The van der Waals surface area contributed by atoms with E-state index in [1.165, 1.54) is 30.5 Å². The maximum atomic E-state index is 12.4. The zero-order valence-corrected chi connectivity index (χ0v) is 11.8. The summed E-state index contributed by atoms with van der Waals surface area (Å²) in [6.07, 6.45) is 1.34. The van der Waals surface area contributed by atoms with Gasteiger partial charge in [0.05, 0.1) is 5.97 Å². The summed E-state index contributed by atoms with van der Waals surface area (Å²) in [5.41, 5.74) is 0.392. The van der Waals surface area contributed by atoms with Crippen molar-refractivity contribution in [1.29, 1.82) is 0 Å². The van der Waals surface area contributed by atoms with E-state index >= 15 is 0 Å². The van der Waals surface area contributed by atoms with Crippen molar-refractivity contribution in [1.82, 2.24) is 4.98 Å². The Balaban J connectivity index is 1.95. The molecule has 0 aliphatic carbocycles. The molecule has 0 radical (unpaired) electrons. The number of pyridine rings is 1.